The minimum atomic E-state index is -0.487. The van der Waals surface area contributed by atoms with E-state index in [1.165, 1.54) is 17.0 Å². The number of rotatable bonds is 5. The highest BCUT2D eigenvalue weighted by molar-refractivity contribution is 6.30. The number of halogens is 1. The monoisotopic (exact) mass is 342 g/mol. The minimum Gasteiger partial charge on any atom is -0.321 e. The number of nitrogens with zero attached hydrogens (tertiary/aromatic N) is 4. The van der Waals surface area contributed by atoms with Crippen LogP contribution in [0.5, 0.6) is 0 Å². The average molecular weight is 343 g/mol. The molecule has 2 heterocycles. The number of allylic oxidation sites excluding steroid dienone is 2. The van der Waals surface area contributed by atoms with Gasteiger partial charge in [0, 0.05) is 18.1 Å². The van der Waals surface area contributed by atoms with E-state index in [0.29, 0.717) is 22.8 Å². The van der Waals surface area contributed by atoms with Gasteiger partial charge in [0.05, 0.1) is 12.0 Å². The molecule has 1 aromatic carbocycles. The van der Waals surface area contributed by atoms with Gasteiger partial charge in [-0.15, -0.1) is 13.2 Å². The van der Waals surface area contributed by atoms with E-state index in [1.807, 2.05) is 0 Å². The van der Waals surface area contributed by atoms with Gasteiger partial charge in [0.15, 0.2) is 11.2 Å². The van der Waals surface area contributed by atoms with Crippen molar-refractivity contribution >= 4 is 22.8 Å². The first-order valence-corrected chi connectivity index (χ1v) is 7.64. The van der Waals surface area contributed by atoms with E-state index in [1.54, 1.807) is 34.9 Å². The van der Waals surface area contributed by atoms with Crippen molar-refractivity contribution in [1.82, 2.24) is 18.7 Å². The first kappa shape index (κ1) is 16.0. The Morgan fingerprint density at radius 1 is 1.17 bits per heavy atom. The van der Waals surface area contributed by atoms with Gasteiger partial charge in [-0.2, -0.15) is 0 Å². The van der Waals surface area contributed by atoms with Gasteiger partial charge in [0.2, 0.25) is 0 Å². The van der Waals surface area contributed by atoms with Crippen LogP contribution < -0.4 is 11.2 Å². The maximum Gasteiger partial charge on any atom is 0.337 e. The quantitative estimate of drug-likeness (QED) is 0.669. The third kappa shape index (κ3) is 2.51. The molecule has 3 rings (SSSR count). The average Bonchev–Trinajstić information content (AvgIpc) is 2.96. The molecule has 0 radical (unpaired) electrons. The van der Waals surface area contributed by atoms with Crippen molar-refractivity contribution in [2.45, 2.75) is 13.1 Å². The second-order valence-electron chi connectivity index (χ2n) is 5.16. The van der Waals surface area contributed by atoms with E-state index in [0.717, 1.165) is 4.57 Å². The van der Waals surface area contributed by atoms with Gasteiger partial charge in [-0.3, -0.25) is 9.36 Å². The molecule has 122 valence electrons. The second kappa shape index (κ2) is 6.33. The van der Waals surface area contributed by atoms with Crippen molar-refractivity contribution in [3.05, 3.63) is 81.8 Å². The maximum absolute atomic E-state index is 12.8. The Morgan fingerprint density at radius 3 is 2.58 bits per heavy atom. The van der Waals surface area contributed by atoms with Gasteiger partial charge in [0.1, 0.15) is 0 Å². The lowest BCUT2D eigenvalue weighted by Gasteiger charge is -2.11. The van der Waals surface area contributed by atoms with Crippen LogP contribution in [-0.4, -0.2) is 18.7 Å². The second-order valence-corrected chi connectivity index (χ2v) is 5.60. The molecule has 0 aliphatic heterocycles. The van der Waals surface area contributed by atoms with Crippen LogP contribution >= 0.6 is 11.6 Å². The zero-order chi connectivity index (χ0) is 17.3. The molecular weight excluding hydrogens is 328 g/mol. The van der Waals surface area contributed by atoms with E-state index in [9.17, 15) is 9.59 Å². The van der Waals surface area contributed by atoms with Crippen molar-refractivity contribution in [2.75, 3.05) is 0 Å². The summed E-state index contributed by atoms with van der Waals surface area (Å²) in [4.78, 5) is 29.8. The summed E-state index contributed by atoms with van der Waals surface area (Å²) in [5.74, 6) is 0. The summed E-state index contributed by atoms with van der Waals surface area (Å²) in [6.07, 6.45) is 4.69. The Hall–Kier alpha value is -2.86. The Bertz CT molecular complexity index is 1060. The number of fused-ring (bicyclic) bond motifs is 1. The van der Waals surface area contributed by atoms with Gasteiger partial charge in [-0.1, -0.05) is 29.8 Å². The Morgan fingerprint density at radius 2 is 1.92 bits per heavy atom. The standard InChI is InChI=1S/C17H15ClN4O2/c1-3-8-20-11-19-15-14(20)16(23)21(9-4-2)17(24)22(15)13-7-5-6-12(18)10-13/h3-7,10-11H,1-2,8-9H2. The molecule has 0 spiro atoms. The molecule has 6 nitrogen and oxygen atoms in total. The van der Waals surface area contributed by atoms with Crippen LogP contribution in [0.3, 0.4) is 0 Å². The lowest BCUT2D eigenvalue weighted by atomic mass is 10.3. The summed E-state index contributed by atoms with van der Waals surface area (Å²) in [7, 11) is 0. The number of hydrogen-bond donors (Lipinski definition) is 0. The zero-order valence-corrected chi connectivity index (χ0v) is 13.6. The number of hydrogen-bond acceptors (Lipinski definition) is 3. The number of aromatic nitrogens is 4. The van der Waals surface area contributed by atoms with Crippen LogP contribution in [0, 0.1) is 0 Å². The molecule has 0 amide bonds. The van der Waals surface area contributed by atoms with Crippen molar-refractivity contribution < 1.29 is 0 Å². The fraction of sp³-hybridized carbons (Fsp3) is 0.118. The Kier molecular flexibility index (Phi) is 4.22. The molecule has 24 heavy (non-hydrogen) atoms. The molecule has 2 aromatic heterocycles. The van der Waals surface area contributed by atoms with Crippen LogP contribution in [0.4, 0.5) is 0 Å². The van der Waals surface area contributed by atoms with Gasteiger partial charge >= 0.3 is 5.69 Å². The summed E-state index contributed by atoms with van der Waals surface area (Å²) < 4.78 is 4.16. The topological polar surface area (TPSA) is 61.8 Å². The van der Waals surface area contributed by atoms with Crippen LogP contribution in [0.1, 0.15) is 0 Å². The van der Waals surface area contributed by atoms with Gasteiger partial charge in [-0.25, -0.2) is 14.3 Å². The van der Waals surface area contributed by atoms with Gasteiger partial charge in [0.25, 0.3) is 5.56 Å². The molecule has 0 aliphatic carbocycles. The van der Waals surface area contributed by atoms with Crippen LogP contribution in [0.2, 0.25) is 5.02 Å². The fourth-order valence-electron chi connectivity index (χ4n) is 2.60. The smallest absolute Gasteiger partial charge is 0.321 e. The van der Waals surface area contributed by atoms with Crippen molar-refractivity contribution in [3.8, 4) is 5.69 Å². The molecule has 0 bridgehead atoms. The third-order valence-electron chi connectivity index (χ3n) is 3.60. The molecule has 3 aromatic rings. The molecule has 0 saturated carbocycles. The molecule has 7 heteroatoms. The summed E-state index contributed by atoms with van der Waals surface area (Å²) in [6.45, 7) is 7.81. The number of benzene rings is 1. The van der Waals surface area contributed by atoms with E-state index in [4.69, 9.17) is 11.6 Å². The molecule has 0 fully saturated rings. The van der Waals surface area contributed by atoms with Crippen LogP contribution in [0.25, 0.3) is 16.9 Å². The fourth-order valence-corrected chi connectivity index (χ4v) is 2.78. The number of imidazole rings is 1. The highest BCUT2D eigenvalue weighted by Crippen LogP contribution is 2.17. The SMILES string of the molecule is C=CCn1c(=O)c2c(ncn2CC=C)n(-c2cccc(Cl)c2)c1=O. The van der Waals surface area contributed by atoms with Crippen molar-refractivity contribution in [2.24, 2.45) is 0 Å². The predicted molar refractivity (Wildman–Crippen MR) is 95.0 cm³/mol. The largest absolute Gasteiger partial charge is 0.337 e. The van der Waals surface area contributed by atoms with Crippen molar-refractivity contribution in [3.63, 3.8) is 0 Å². The van der Waals surface area contributed by atoms with Crippen LogP contribution in [-0.2, 0) is 13.1 Å². The molecule has 0 saturated heterocycles. The third-order valence-corrected chi connectivity index (χ3v) is 3.84. The molecule has 0 atom stereocenters. The molecular formula is C17H15ClN4O2. The zero-order valence-electron chi connectivity index (χ0n) is 12.9. The summed E-state index contributed by atoms with van der Waals surface area (Å²) in [6, 6.07) is 6.84. The Balaban J connectivity index is 2.48. The van der Waals surface area contributed by atoms with E-state index < -0.39 is 11.2 Å². The molecule has 0 unspecified atom stereocenters. The Labute approximate surface area is 142 Å². The molecule has 0 N–H and O–H groups in total. The van der Waals surface area contributed by atoms with Gasteiger partial charge < -0.3 is 4.57 Å². The molecule has 0 aliphatic rings. The highest BCUT2D eigenvalue weighted by Gasteiger charge is 2.18. The maximum atomic E-state index is 12.8. The van der Waals surface area contributed by atoms with E-state index >= 15 is 0 Å². The predicted octanol–water partition coefficient (Wildman–Crippen LogP) is 2.37. The lowest BCUT2D eigenvalue weighted by Crippen LogP contribution is -2.39. The van der Waals surface area contributed by atoms with E-state index in [-0.39, 0.29) is 12.2 Å². The first-order chi connectivity index (χ1) is 11.6. The van der Waals surface area contributed by atoms with Gasteiger partial charge in [-0.05, 0) is 18.2 Å². The minimum absolute atomic E-state index is 0.105. The first-order valence-electron chi connectivity index (χ1n) is 7.27. The normalized spacial score (nSPS) is 10.9. The van der Waals surface area contributed by atoms with Crippen LogP contribution in [0.15, 0.2) is 65.5 Å². The van der Waals surface area contributed by atoms with Crippen molar-refractivity contribution in [1.29, 1.82) is 0 Å². The lowest BCUT2D eigenvalue weighted by molar-refractivity contribution is 0.691. The summed E-state index contributed by atoms with van der Waals surface area (Å²) in [5, 5.41) is 0.486. The van der Waals surface area contributed by atoms with E-state index in [2.05, 4.69) is 18.1 Å². The summed E-state index contributed by atoms with van der Waals surface area (Å²) in [5.41, 5.74) is 0.260. The highest BCUT2D eigenvalue weighted by atomic mass is 35.5. The summed E-state index contributed by atoms with van der Waals surface area (Å²) >= 11 is 6.05.